The van der Waals surface area contributed by atoms with Crippen molar-refractivity contribution >= 4 is 16.9 Å². The number of rotatable bonds is 6. The molecule has 0 fully saturated rings. The summed E-state index contributed by atoms with van der Waals surface area (Å²) < 4.78 is 5.63. The summed E-state index contributed by atoms with van der Waals surface area (Å²) >= 11 is 1.87. The van der Waals surface area contributed by atoms with Gasteiger partial charge in [0.15, 0.2) is 5.17 Å². The molecule has 1 N–H and O–H groups in total. The molecule has 1 aromatic rings. The normalized spacial score (nSPS) is 18.5. The number of aliphatic imine (C=N–C) groups is 1. The molecule has 0 saturated carbocycles. The molecule has 104 valence electrons. The van der Waals surface area contributed by atoms with Crippen LogP contribution in [0.5, 0.6) is 5.75 Å². The lowest BCUT2D eigenvalue weighted by molar-refractivity contribution is 0.323. The summed E-state index contributed by atoms with van der Waals surface area (Å²) in [5, 5.41) is 5.07. The van der Waals surface area contributed by atoms with Crippen molar-refractivity contribution in [3.8, 4) is 5.75 Å². The second kappa shape index (κ2) is 7.43. The van der Waals surface area contributed by atoms with Crippen LogP contribution in [0.25, 0.3) is 0 Å². The fourth-order valence-electron chi connectivity index (χ4n) is 2.01. The molecule has 1 aliphatic rings. The molecule has 0 aromatic heterocycles. The van der Waals surface area contributed by atoms with E-state index in [0.29, 0.717) is 11.9 Å². The number of hydrogen-bond acceptors (Lipinski definition) is 4. The van der Waals surface area contributed by atoms with Crippen LogP contribution in [0.15, 0.2) is 35.3 Å². The summed E-state index contributed by atoms with van der Waals surface area (Å²) in [5.74, 6) is 1.66. The van der Waals surface area contributed by atoms with Gasteiger partial charge >= 0.3 is 0 Å². The lowest BCUT2D eigenvalue weighted by Crippen LogP contribution is -2.25. The van der Waals surface area contributed by atoms with E-state index >= 15 is 0 Å². The lowest BCUT2D eigenvalue weighted by atomic mass is 10.1. The Morgan fingerprint density at radius 3 is 2.89 bits per heavy atom. The molecule has 0 amide bonds. The summed E-state index contributed by atoms with van der Waals surface area (Å²) in [6, 6.07) is 9.90. The second-order valence-corrected chi connectivity index (χ2v) is 6.39. The fraction of sp³-hybridized carbons (Fsp3) is 0.533. The highest BCUT2D eigenvalue weighted by atomic mass is 32.2. The van der Waals surface area contributed by atoms with Crippen molar-refractivity contribution in [2.45, 2.75) is 25.5 Å². The third-order valence-electron chi connectivity index (χ3n) is 2.84. The van der Waals surface area contributed by atoms with E-state index in [1.165, 1.54) is 6.42 Å². The van der Waals surface area contributed by atoms with Gasteiger partial charge < -0.3 is 10.1 Å². The van der Waals surface area contributed by atoms with E-state index < -0.39 is 0 Å². The van der Waals surface area contributed by atoms with E-state index in [1.807, 2.05) is 42.1 Å². The van der Waals surface area contributed by atoms with E-state index in [0.717, 1.165) is 29.9 Å². The van der Waals surface area contributed by atoms with Gasteiger partial charge in [0.05, 0.1) is 13.1 Å². The van der Waals surface area contributed by atoms with Crippen molar-refractivity contribution < 1.29 is 4.74 Å². The van der Waals surface area contributed by atoms with Crippen LogP contribution >= 0.6 is 11.8 Å². The standard InChI is InChI=1S/C15H22N2OS/c1-12(2)10-14-11-17-15(19-14)16-8-9-18-13-6-4-3-5-7-13/h3-7,12,14H,8-11H2,1-2H3,(H,16,17). The smallest absolute Gasteiger partial charge is 0.157 e. The van der Waals surface area contributed by atoms with Crippen molar-refractivity contribution in [1.82, 2.24) is 5.32 Å². The number of nitrogens with one attached hydrogen (secondary N) is 1. The summed E-state index contributed by atoms with van der Waals surface area (Å²) in [5.41, 5.74) is 0. The Morgan fingerprint density at radius 2 is 2.16 bits per heavy atom. The van der Waals surface area contributed by atoms with Crippen LogP contribution in [0, 0.1) is 5.92 Å². The van der Waals surface area contributed by atoms with E-state index in [9.17, 15) is 0 Å². The summed E-state index contributed by atoms with van der Waals surface area (Å²) in [4.78, 5) is 4.53. The number of thioether (sulfide) groups is 1. The van der Waals surface area contributed by atoms with E-state index in [2.05, 4.69) is 24.2 Å². The number of amidine groups is 1. The average molecular weight is 278 g/mol. The third-order valence-corrected chi connectivity index (χ3v) is 4.01. The van der Waals surface area contributed by atoms with Crippen molar-refractivity contribution in [2.24, 2.45) is 10.9 Å². The first-order valence-corrected chi connectivity index (χ1v) is 7.75. The number of nitrogens with zero attached hydrogens (tertiary/aromatic N) is 1. The van der Waals surface area contributed by atoms with Crippen LogP contribution < -0.4 is 10.1 Å². The molecule has 1 aliphatic heterocycles. The maximum absolute atomic E-state index is 5.63. The molecular weight excluding hydrogens is 256 g/mol. The highest BCUT2D eigenvalue weighted by Gasteiger charge is 2.19. The first kappa shape index (κ1) is 14.3. The quantitative estimate of drug-likeness (QED) is 0.811. The predicted octanol–water partition coefficient (Wildman–Crippen LogP) is 3.17. The maximum Gasteiger partial charge on any atom is 0.157 e. The Kier molecular flexibility index (Phi) is 5.58. The molecule has 1 heterocycles. The third kappa shape index (κ3) is 5.15. The van der Waals surface area contributed by atoms with Crippen molar-refractivity contribution in [1.29, 1.82) is 0 Å². The molecule has 4 heteroatoms. The zero-order valence-electron chi connectivity index (χ0n) is 11.6. The molecular formula is C15H22N2OS. The Bertz CT molecular complexity index is 406. The molecule has 3 nitrogen and oxygen atoms in total. The van der Waals surface area contributed by atoms with E-state index in [-0.39, 0.29) is 0 Å². The molecule has 1 aromatic carbocycles. The van der Waals surface area contributed by atoms with Gasteiger partial charge in [0.1, 0.15) is 12.4 Å². The zero-order valence-corrected chi connectivity index (χ0v) is 12.5. The van der Waals surface area contributed by atoms with Gasteiger partial charge in [0.25, 0.3) is 0 Å². The SMILES string of the molecule is CC(C)CC1CN=C(NCCOc2ccccc2)S1. The fourth-order valence-corrected chi connectivity index (χ4v) is 3.29. The van der Waals surface area contributed by atoms with Crippen molar-refractivity contribution in [3.63, 3.8) is 0 Å². The van der Waals surface area contributed by atoms with Crippen LogP contribution in [0.2, 0.25) is 0 Å². The van der Waals surface area contributed by atoms with Gasteiger partial charge in [0.2, 0.25) is 0 Å². The minimum atomic E-state index is 0.651. The highest BCUT2D eigenvalue weighted by Crippen LogP contribution is 2.25. The predicted molar refractivity (Wildman–Crippen MR) is 83.1 cm³/mol. The second-order valence-electron chi connectivity index (χ2n) is 5.10. The largest absolute Gasteiger partial charge is 0.492 e. The van der Waals surface area contributed by atoms with Crippen molar-refractivity contribution in [3.05, 3.63) is 30.3 Å². The Labute approximate surface area is 119 Å². The Morgan fingerprint density at radius 1 is 1.37 bits per heavy atom. The maximum atomic E-state index is 5.63. The van der Waals surface area contributed by atoms with Gasteiger partial charge in [-0.1, -0.05) is 43.8 Å². The molecule has 0 spiro atoms. The van der Waals surface area contributed by atoms with Gasteiger partial charge in [0, 0.05) is 5.25 Å². The van der Waals surface area contributed by atoms with Gasteiger partial charge in [-0.25, -0.2) is 0 Å². The minimum absolute atomic E-state index is 0.651. The molecule has 0 saturated heterocycles. The minimum Gasteiger partial charge on any atom is -0.492 e. The number of ether oxygens (including phenoxy) is 1. The molecule has 2 rings (SSSR count). The van der Waals surface area contributed by atoms with Crippen molar-refractivity contribution in [2.75, 3.05) is 19.7 Å². The first-order valence-electron chi connectivity index (χ1n) is 6.87. The van der Waals surface area contributed by atoms with Crippen LogP contribution in [0.1, 0.15) is 20.3 Å². The Hall–Kier alpha value is -1.16. The van der Waals surface area contributed by atoms with E-state index in [1.54, 1.807) is 0 Å². The summed E-state index contributed by atoms with van der Waals surface area (Å²) in [6.07, 6.45) is 1.24. The van der Waals surface area contributed by atoms with Gasteiger partial charge in [-0.05, 0) is 24.5 Å². The van der Waals surface area contributed by atoms with Crippen LogP contribution in [0.3, 0.4) is 0 Å². The number of benzene rings is 1. The topological polar surface area (TPSA) is 33.6 Å². The Balaban J connectivity index is 1.60. The van der Waals surface area contributed by atoms with Gasteiger partial charge in [-0.15, -0.1) is 0 Å². The van der Waals surface area contributed by atoms with Crippen LogP contribution in [-0.4, -0.2) is 30.1 Å². The molecule has 19 heavy (non-hydrogen) atoms. The van der Waals surface area contributed by atoms with Gasteiger partial charge in [-0.2, -0.15) is 0 Å². The molecule has 0 aliphatic carbocycles. The molecule has 0 radical (unpaired) electrons. The van der Waals surface area contributed by atoms with Crippen LogP contribution in [-0.2, 0) is 0 Å². The number of hydrogen-bond donors (Lipinski definition) is 1. The zero-order chi connectivity index (χ0) is 13.5. The summed E-state index contributed by atoms with van der Waals surface area (Å²) in [7, 11) is 0. The monoisotopic (exact) mass is 278 g/mol. The van der Waals surface area contributed by atoms with E-state index in [4.69, 9.17) is 4.74 Å². The number of para-hydroxylation sites is 1. The molecule has 0 bridgehead atoms. The molecule has 1 unspecified atom stereocenters. The molecule has 1 atom stereocenters. The average Bonchev–Trinajstić information content (AvgIpc) is 2.83. The summed E-state index contributed by atoms with van der Waals surface area (Å²) in [6.45, 7) is 6.94. The lowest BCUT2D eigenvalue weighted by Gasteiger charge is -2.11. The first-order chi connectivity index (χ1) is 9.24. The van der Waals surface area contributed by atoms with Crippen LogP contribution in [0.4, 0.5) is 0 Å². The van der Waals surface area contributed by atoms with Gasteiger partial charge in [-0.3, -0.25) is 4.99 Å². The highest BCUT2D eigenvalue weighted by molar-refractivity contribution is 8.14.